The molecular weight excluding hydrogens is 301 g/mol. The number of rotatable bonds is 2. The summed E-state index contributed by atoms with van der Waals surface area (Å²) in [6, 6.07) is 8.26. The predicted molar refractivity (Wildman–Crippen MR) is 73.9 cm³/mol. The Kier molecular flexibility index (Phi) is 3.43. The highest BCUT2D eigenvalue weighted by Crippen LogP contribution is 2.23. The monoisotopic (exact) mass is 308 g/mol. The molecule has 0 aliphatic carbocycles. The predicted octanol–water partition coefficient (Wildman–Crippen LogP) is 4.61. The molecule has 21 heavy (non-hydrogen) atoms. The van der Waals surface area contributed by atoms with Crippen LogP contribution in [0.15, 0.2) is 48.8 Å². The summed E-state index contributed by atoms with van der Waals surface area (Å²) in [6.07, 6.45) is 3.03. The lowest BCUT2D eigenvalue weighted by Crippen LogP contribution is -2.00. The first-order valence-corrected chi connectivity index (χ1v) is 6.38. The van der Waals surface area contributed by atoms with Gasteiger partial charge in [-0.1, -0.05) is 23.7 Å². The summed E-state index contributed by atoms with van der Waals surface area (Å²) in [5.74, 6) is -3.25. The van der Waals surface area contributed by atoms with Gasteiger partial charge in [-0.25, -0.2) is 17.9 Å². The topological polar surface area (TPSA) is 17.8 Å². The molecule has 0 amide bonds. The molecule has 6 heteroatoms. The lowest BCUT2D eigenvalue weighted by molar-refractivity contribution is 0.491. The van der Waals surface area contributed by atoms with Gasteiger partial charge in [-0.05, 0) is 17.7 Å². The first-order chi connectivity index (χ1) is 10.0. The van der Waals surface area contributed by atoms with Crippen LogP contribution in [0.5, 0.6) is 0 Å². The van der Waals surface area contributed by atoms with Crippen LogP contribution in [0.2, 0.25) is 5.02 Å². The standard InChI is InChI=1S/C15H8ClF3N2/c16-11-3-1-9(2-4-11)10-7-20-21(8-10)15-6-13(18)12(17)5-14(15)19/h1-8H. The third kappa shape index (κ3) is 2.64. The van der Waals surface area contributed by atoms with Crippen LogP contribution < -0.4 is 0 Å². The second-order valence-corrected chi connectivity index (χ2v) is 4.83. The van der Waals surface area contributed by atoms with Crippen molar-refractivity contribution in [2.45, 2.75) is 0 Å². The third-order valence-electron chi connectivity index (χ3n) is 3.00. The van der Waals surface area contributed by atoms with E-state index in [1.165, 1.54) is 12.4 Å². The van der Waals surface area contributed by atoms with Crippen LogP contribution in [0.4, 0.5) is 13.2 Å². The Bertz CT molecular complexity index is 797. The molecule has 0 atom stereocenters. The molecule has 0 radical (unpaired) electrons. The molecule has 2 nitrogen and oxygen atoms in total. The number of halogens is 4. The summed E-state index contributed by atoms with van der Waals surface area (Å²) in [6.45, 7) is 0. The lowest BCUT2D eigenvalue weighted by atomic mass is 10.1. The molecule has 0 fully saturated rings. The van der Waals surface area contributed by atoms with E-state index >= 15 is 0 Å². The maximum atomic E-state index is 13.7. The van der Waals surface area contributed by atoms with Crippen LogP contribution in [-0.2, 0) is 0 Å². The molecule has 0 bridgehead atoms. The third-order valence-corrected chi connectivity index (χ3v) is 3.25. The van der Waals surface area contributed by atoms with Gasteiger partial charge in [-0.15, -0.1) is 0 Å². The van der Waals surface area contributed by atoms with Gasteiger partial charge in [0.15, 0.2) is 17.5 Å². The van der Waals surface area contributed by atoms with Gasteiger partial charge in [-0.3, -0.25) is 0 Å². The number of nitrogens with zero attached hydrogens (tertiary/aromatic N) is 2. The Morgan fingerprint density at radius 3 is 2.24 bits per heavy atom. The Balaban J connectivity index is 2.02. The maximum Gasteiger partial charge on any atom is 0.161 e. The number of hydrogen-bond donors (Lipinski definition) is 0. The number of benzene rings is 2. The van der Waals surface area contributed by atoms with Crippen molar-refractivity contribution in [2.24, 2.45) is 0 Å². The average Bonchev–Trinajstić information content (AvgIpc) is 2.93. The van der Waals surface area contributed by atoms with Crippen molar-refractivity contribution in [1.82, 2.24) is 9.78 Å². The minimum Gasteiger partial charge on any atom is -0.237 e. The highest BCUT2D eigenvalue weighted by molar-refractivity contribution is 6.30. The van der Waals surface area contributed by atoms with E-state index in [0.717, 1.165) is 16.3 Å². The molecule has 2 aromatic carbocycles. The van der Waals surface area contributed by atoms with Crippen molar-refractivity contribution in [1.29, 1.82) is 0 Å². The molecule has 0 aliphatic heterocycles. The summed E-state index contributed by atoms with van der Waals surface area (Å²) in [4.78, 5) is 0. The van der Waals surface area contributed by atoms with E-state index in [4.69, 9.17) is 11.6 Å². The smallest absolute Gasteiger partial charge is 0.161 e. The van der Waals surface area contributed by atoms with Gasteiger partial charge in [0.25, 0.3) is 0 Å². The normalized spacial score (nSPS) is 10.9. The molecule has 3 rings (SSSR count). The molecule has 0 aliphatic rings. The Hall–Kier alpha value is -2.27. The van der Waals surface area contributed by atoms with Gasteiger partial charge in [-0.2, -0.15) is 5.10 Å². The second kappa shape index (κ2) is 5.26. The van der Waals surface area contributed by atoms with Crippen LogP contribution in [-0.4, -0.2) is 9.78 Å². The van der Waals surface area contributed by atoms with Crippen LogP contribution >= 0.6 is 11.6 Å². The highest BCUT2D eigenvalue weighted by atomic mass is 35.5. The van der Waals surface area contributed by atoms with Gasteiger partial charge in [0.05, 0.1) is 6.20 Å². The fourth-order valence-corrected chi connectivity index (χ4v) is 2.06. The van der Waals surface area contributed by atoms with Crippen molar-refractivity contribution in [3.63, 3.8) is 0 Å². The summed E-state index contributed by atoms with van der Waals surface area (Å²) in [7, 11) is 0. The summed E-state index contributed by atoms with van der Waals surface area (Å²) in [5, 5.41) is 4.57. The van der Waals surface area contributed by atoms with Gasteiger partial charge in [0.2, 0.25) is 0 Å². The molecule has 0 N–H and O–H groups in total. The second-order valence-electron chi connectivity index (χ2n) is 4.40. The van der Waals surface area contributed by atoms with Crippen LogP contribution in [0.1, 0.15) is 0 Å². The van der Waals surface area contributed by atoms with E-state index < -0.39 is 17.5 Å². The molecule has 0 saturated heterocycles. The minimum atomic E-state index is -1.23. The maximum absolute atomic E-state index is 13.7. The van der Waals surface area contributed by atoms with Gasteiger partial charge in [0, 0.05) is 28.9 Å². The molecule has 0 saturated carbocycles. The molecule has 0 unspecified atom stereocenters. The fraction of sp³-hybridized carbons (Fsp3) is 0. The van der Waals surface area contributed by atoms with Crippen molar-refractivity contribution >= 4 is 11.6 Å². The van der Waals surface area contributed by atoms with Gasteiger partial charge >= 0.3 is 0 Å². The quantitative estimate of drug-likeness (QED) is 0.632. The Labute approximate surface area is 123 Å². The molecule has 106 valence electrons. The largest absolute Gasteiger partial charge is 0.237 e. The SMILES string of the molecule is Fc1cc(F)c(-n2cc(-c3ccc(Cl)cc3)cn2)cc1F. The first-order valence-electron chi connectivity index (χ1n) is 6.00. The van der Waals surface area contributed by atoms with Crippen LogP contribution in [0, 0.1) is 17.5 Å². The first kappa shape index (κ1) is 13.7. The van der Waals surface area contributed by atoms with E-state index in [1.807, 2.05) is 0 Å². The molecule has 1 heterocycles. The van der Waals surface area contributed by atoms with E-state index in [0.29, 0.717) is 16.7 Å². The number of aromatic nitrogens is 2. The van der Waals surface area contributed by atoms with Gasteiger partial charge in [0.1, 0.15) is 5.69 Å². The molecular formula is C15H8ClF3N2. The van der Waals surface area contributed by atoms with E-state index in [9.17, 15) is 13.2 Å². The van der Waals surface area contributed by atoms with Crippen molar-refractivity contribution < 1.29 is 13.2 Å². The fourth-order valence-electron chi connectivity index (χ4n) is 1.93. The zero-order valence-electron chi connectivity index (χ0n) is 10.5. The van der Waals surface area contributed by atoms with Gasteiger partial charge < -0.3 is 0 Å². The van der Waals surface area contributed by atoms with E-state index in [1.54, 1.807) is 24.3 Å². The van der Waals surface area contributed by atoms with E-state index in [-0.39, 0.29) is 5.69 Å². The average molecular weight is 309 g/mol. The Morgan fingerprint density at radius 1 is 0.857 bits per heavy atom. The lowest BCUT2D eigenvalue weighted by Gasteiger charge is -2.04. The molecule has 1 aromatic heterocycles. The Morgan fingerprint density at radius 2 is 1.52 bits per heavy atom. The highest BCUT2D eigenvalue weighted by Gasteiger charge is 2.12. The summed E-state index contributed by atoms with van der Waals surface area (Å²) >= 11 is 5.81. The van der Waals surface area contributed by atoms with Crippen molar-refractivity contribution in [2.75, 3.05) is 0 Å². The zero-order chi connectivity index (χ0) is 15.0. The van der Waals surface area contributed by atoms with E-state index in [2.05, 4.69) is 5.10 Å². The molecule has 3 aromatic rings. The van der Waals surface area contributed by atoms with Crippen LogP contribution in [0.25, 0.3) is 16.8 Å². The minimum absolute atomic E-state index is 0.158. The van der Waals surface area contributed by atoms with Crippen LogP contribution in [0.3, 0.4) is 0 Å². The number of hydrogen-bond acceptors (Lipinski definition) is 1. The summed E-state index contributed by atoms with van der Waals surface area (Å²) < 4.78 is 41.0. The zero-order valence-corrected chi connectivity index (χ0v) is 11.3. The summed E-state index contributed by atoms with van der Waals surface area (Å²) in [5.41, 5.74) is 1.37. The van der Waals surface area contributed by atoms with Crippen molar-refractivity contribution in [3.05, 3.63) is 71.3 Å². The molecule has 0 spiro atoms. The van der Waals surface area contributed by atoms with Crippen molar-refractivity contribution in [3.8, 4) is 16.8 Å².